The van der Waals surface area contributed by atoms with Crippen LogP contribution in [-0.2, 0) is 13.0 Å². The zero-order valence-electron chi connectivity index (χ0n) is 12.6. The first kappa shape index (κ1) is 15.2. The van der Waals surface area contributed by atoms with E-state index in [9.17, 15) is 10.0 Å². The van der Waals surface area contributed by atoms with Gasteiger partial charge in [0.2, 0.25) is 0 Å². The van der Waals surface area contributed by atoms with E-state index >= 15 is 0 Å². The fourth-order valence-electron chi connectivity index (χ4n) is 3.15. The van der Waals surface area contributed by atoms with Gasteiger partial charge in [0.15, 0.2) is 5.82 Å². The maximum absolute atomic E-state index is 9.26. The summed E-state index contributed by atoms with van der Waals surface area (Å²) in [6.07, 6.45) is 7.06. The van der Waals surface area contributed by atoms with E-state index in [-0.39, 0.29) is 0 Å². The number of benzene rings is 1. The highest BCUT2D eigenvalue weighted by molar-refractivity contribution is 6.58. The number of hydrogen-bond donors (Lipinski definition) is 2. The summed E-state index contributed by atoms with van der Waals surface area (Å²) in [6, 6.07) is 7.24. The molecular formula is C15H21BN4O2. The highest BCUT2D eigenvalue weighted by atomic mass is 16.4. The van der Waals surface area contributed by atoms with Crippen LogP contribution in [0.15, 0.2) is 24.3 Å². The van der Waals surface area contributed by atoms with Crippen molar-refractivity contribution >= 4 is 12.6 Å². The fraction of sp³-hybridized carbons (Fsp3) is 0.533. The van der Waals surface area contributed by atoms with Crippen LogP contribution in [0.1, 0.15) is 43.5 Å². The standard InChI is InChI=1S/C15H21BN4O2/c21-16(22)14-8-4-7-13(9-14)10-15-17-18-19-20(15)11-12-5-2-1-3-6-12/h4,7-9,12,21-22H,1-3,5-6,10-11H2. The first-order valence-electron chi connectivity index (χ1n) is 7.92. The second kappa shape index (κ2) is 7.02. The molecule has 116 valence electrons. The van der Waals surface area contributed by atoms with E-state index in [1.807, 2.05) is 16.8 Å². The number of nitrogens with zero attached hydrogens (tertiary/aromatic N) is 4. The molecule has 0 aliphatic heterocycles. The monoisotopic (exact) mass is 300 g/mol. The molecule has 2 N–H and O–H groups in total. The molecule has 0 atom stereocenters. The molecule has 0 saturated heterocycles. The highest BCUT2D eigenvalue weighted by Gasteiger charge is 2.17. The number of aromatic nitrogens is 4. The van der Waals surface area contributed by atoms with Gasteiger partial charge in [-0.1, -0.05) is 43.5 Å². The van der Waals surface area contributed by atoms with Crippen LogP contribution in [-0.4, -0.2) is 37.4 Å². The Morgan fingerprint density at radius 3 is 2.77 bits per heavy atom. The Balaban J connectivity index is 1.70. The lowest BCUT2D eigenvalue weighted by Gasteiger charge is -2.21. The molecule has 1 heterocycles. The largest absolute Gasteiger partial charge is 0.488 e. The molecule has 3 rings (SSSR count). The molecule has 0 radical (unpaired) electrons. The molecule has 1 aliphatic carbocycles. The average molecular weight is 300 g/mol. The van der Waals surface area contributed by atoms with E-state index in [0.717, 1.165) is 17.9 Å². The Kier molecular flexibility index (Phi) is 4.85. The minimum Gasteiger partial charge on any atom is -0.423 e. The Hall–Kier alpha value is -1.73. The molecule has 0 amide bonds. The van der Waals surface area contributed by atoms with Crippen LogP contribution in [0.2, 0.25) is 0 Å². The summed E-state index contributed by atoms with van der Waals surface area (Å²) in [5.41, 5.74) is 1.47. The van der Waals surface area contributed by atoms with Crippen LogP contribution in [0.4, 0.5) is 0 Å². The van der Waals surface area contributed by atoms with E-state index in [2.05, 4.69) is 15.5 Å². The summed E-state index contributed by atoms with van der Waals surface area (Å²) in [5, 5.41) is 30.6. The van der Waals surface area contributed by atoms with Crippen molar-refractivity contribution in [2.24, 2.45) is 5.92 Å². The van der Waals surface area contributed by atoms with Crippen molar-refractivity contribution in [2.45, 2.75) is 45.1 Å². The van der Waals surface area contributed by atoms with Gasteiger partial charge in [0.1, 0.15) is 0 Å². The van der Waals surface area contributed by atoms with Crippen LogP contribution >= 0.6 is 0 Å². The Morgan fingerprint density at radius 2 is 2.00 bits per heavy atom. The van der Waals surface area contributed by atoms with E-state index in [1.165, 1.54) is 32.1 Å². The number of hydrogen-bond acceptors (Lipinski definition) is 5. The molecule has 0 bridgehead atoms. The third kappa shape index (κ3) is 3.72. The summed E-state index contributed by atoms with van der Waals surface area (Å²) in [4.78, 5) is 0. The summed E-state index contributed by atoms with van der Waals surface area (Å²) in [5.74, 6) is 1.50. The molecule has 0 spiro atoms. The predicted molar refractivity (Wildman–Crippen MR) is 83.5 cm³/mol. The zero-order valence-corrected chi connectivity index (χ0v) is 12.6. The first-order chi connectivity index (χ1) is 10.7. The summed E-state index contributed by atoms with van der Waals surface area (Å²) >= 11 is 0. The molecule has 1 fully saturated rings. The van der Waals surface area contributed by atoms with Crippen LogP contribution in [0.5, 0.6) is 0 Å². The van der Waals surface area contributed by atoms with Crippen LogP contribution in [0.3, 0.4) is 0 Å². The average Bonchev–Trinajstić information content (AvgIpc) is 2.95. The Labute approximate surface area is 130 Å². The van der Waals surface area contributed by atoms with E-state index < -0.39 is 7.12 Å². The smallest absolute Gasteiger partial charge is 0.423 e. The van der Waals surface area contributed by atoms with Gasteiger partial charge in [0.05, 0.1) is 0 Å². The third-order valence-corrected chi connectivity index (χ3v) is 4.37. The molecule has 7 heteroatoms. The van der Waals surface area contributed by atoms with Gasteiger partial charge in [-0.3, -0.25) is 0 Å². The van der Waals surface area contributed by atoms with Crippen LogP contribution in [0, 0.1) is 5.92 Å². The lowest BCUT2D eigenvalue weighted by molar-refractivity contribution is 0.302. The minimum absolute atomic E-state index is 0.490. The lowest BCUT2D eigenvalue weighted by Crippen LogP contribution is -2.29. The maximum Gasteiger partial charge on any atom is 0.488 e. The molecule has 2 aromatic rings. The first-order valence-corrected chi connectivity index (χ1v) is 7.92. The van der Waals surface area contributed by atoms with Gasteiger partial charge in [-0.2, -0.15) is 0 Å². The Bertz CT molecular complexity index is 611. The zero-order chi connectivity index (χ0) is 15.4. The van der Waals surface area contributed by atoms with Crippen molar-refractivity contribution in [3.8, 4) is 0 Å². The molecular weight excluding hydrogens is 279 g/mol. The van der Waals surface area contributed by atoms with Crippen molar-refractivity contribution < 1.29 is 10.0 Å². The topological polar surface area (TPSA) is 84.1 Å². The fourth-order valence-corrected chi connectivity index (χ4v) is 3.15. The second-order valence-electron chi connectivity index (χ2n) is 6.08. The SMILES string of the molecule is OB(O)c1cccc(Cc2nnnn2CC2CCCCC2)c1. The van der Waals surface area contributed by atoms with Crippen molar-refractivity contribution in [1.82, 2.24) is 20.2 Å². The lowest BCUT2D eigenvalue weighted by atomic mass is 9.79. The molecule has 0 unspecified atom stereocenters. The summed E-state index contributed by atoms with van der Waals surface area (Å²) in [6.45, 7) is 0.880. The van der Waals surface area contributed by atoms with E-state index in [0.29, 0.717) is 17.8 Å². The molecule has 1 saturated carbocycles. The van der Waals surface area contributed by atoms with Crippen LogP contribution < -0.4 is 5.46 Å². The molecule has 1 aliphatic rings. The predicted octanol–water partition coefficient (Wildman–Crippen LogP) is 0.524. The molecule has 6 nitrogen and oxygen atoms in total. The van der Waals surface area contributed by atoms with Gasteiger partial charge in [0, 0.05) is 13.0 Å². The van der Waals surface area contributed by atoms with E-state index in [4.69, 9.17) is 0 Å². The van der Waals surface area contributed by atoms with Crippen LogP contribution in [0.25, 0.3) is 0 Å². The Morgan fingerprint density at radius 1 is 1.18 bits per heavy atom. The number of rotatable bonds is 5. The number of tetrazole rings is 1. The molecule has 1 aromatic carbocycles. The minimum atomic E-state index is -1.45. The van der Waals surface area contributed by atoms with Crippen molar-refractivity contribution in [2.75, 3.05) is 0 Å². The summed E-state index contributed by atoms with van der Waals surface area (Å²) < 4.78 is 1.90. The van der Waals surface area contributed by atoms with Gasteiger partial charge in [0.25, 0.3) is 0 Å². The molecule has 22 heavy (non-hydrogen) atoms. The normalized spacial score (nSPS) is 15.9. The van der Waals surface area contributed by atoms with Crippen molar-refractivity contribution in [3.63, 3.8) is 0 Å². The molecule has 1 aromatic heterocycles. The highest BCUT2D eigenvalue weighted by Crippen LogP contribution is 2.25. The van der Waals surface area contributed by atoms with Gasteiger partial charge >= 0.3 is 7.12 Å². The quantitative estimate of drug-likeness (QED) is 0.787. The van der Waals surface area contributed by atoms with Crippen molar-refractivity contribution in [1.29, 1.82) is 0 Å². The van der Waals surface area contributed by atoms with Gasteiger partial charge < -0.3 is 10.0 Å². The third-order valence-electron chi connectivity index (χ3n) is 4.37. The van der Waals surface area contributed by atoms with Crippen molar-refractivity contribution in [3.05, 3.63) is 35.7 Å². The van der Waals surface area contributed by atoms with E-state index in [1.54, 1.807) is 12.1 Å². The summed E-state index contributed by atoms with van der Waals surface area (Å²) in [7, 11) is -1.45. The van der Waals surface area contributed by atoms with Gasteiger partial charge in [-0.05, 0) is 40.2 Å². The maximum atomic E-state index is 9.26. The van der Waals surface area contributed by atoms with Gasteiger partial charge in [-0.25, -0.2) is 4.68 Å². The van der Waals surface area contributed by atoms with Gasteiger partial charge in [-0.15, -0.1) is 5.10 Å². The second-order valence-corrected chi connectivity index (χ2v) is 6.08.